The predicted molar refractivity (Wildman–Crippen MR) is 139 cm³/mol. The van der Waals surface area contributed by atoms with Gasteiger partial charge in [0.2, 0.25) is 0 Å². The number of ether oxygens (including phenoxy) is 3. The van der Waals surface area contributed by atoms with Crippen LogP contribution in [0.2, 0.25) is 5.02 Å². The molecule has 1 aliphatic heterocycles. The fourth-order valence-corrected chi connectivity index (χ4v) is 4.73. The number of benzene rings is 2. The summed E-state index contributed by atoms with van der Waals surface area (Å²) >= 11 is 12.6. The molecule has 0 saturated carbocycles. The van der Waals surface area contributed by atoms with Crippen LogP contribution in [0.5, 0.6) is 11.5 Å². The Morgan fingerprint density at radius 2 is 1.85 bits per heavy atom. The van der Waals surface area contributed by atoms with Crippen molar-refractivity contribution in [2.24, 2.45) is 0 Å². The van der Waals surface area contributed by atoms with Crippen molar-refractivity contribution in [1.29, 1.82) is 0 Å². The van der Waals surface area contributed by atoms with Gasteiger partial charge in [-0.3, -0.25) is 14.5 Å². The summed E-state index contributed by atoms with van der Waals surface area (Å²) in [6, 6.07) is 13.0. The van der Waals surface area contributed by atoms with Gasteiger partial charge in [-0.15, -0.1) is 0 Å². The van der Waals surface area contributed by atoms with Gasteiger partial charge in [0, 0.05) is 18.0 Å². The van der Waals surface area contributed by atoms with Crippen LogP contribution in [0.4, 0.5) is 0 Å². The first-order chi connectivity index (χ1) is 16.4. The molecule has 34 heavy (non-hydrogen) atoms. The minimum absolute atomic E-state index is 0.106. The molecule has 0 atom stereocenters. The molecule has 0 bridgehead atoms. The molecule has 3 rings (SSSR count). The number of thioether (sulfide) groups is 1. The van der Waals surface area contributed by atoms with E-state index in [1.54, 1.807) is 12.0 Å². The van der Waals surface area contributed by atoms with Crippen LogP contribution in [-0.2, 0) is 20.9 Å². The first kappa shape index (κ1) is 26.1. The molecule has 0 N–H and O–H groups in total. The summed E-state index contributed by atoms with van der Waals surface area (Å²) in [4.78, 5) is 26.2. The normalized spacial score (nSPS) is 14.6. The van der Waals surface area contributed by atoms with Gasteiger partial charge in [-0.2, -0.15) is 0 Å². The zero-order valence-electron chi connectivity index (χ0n) is 19.0. The SMILES string of the molecule is COC(=O)CCCCCN1C(=O)/C(=C/c2ccc(OCc3ccc(Cl)cc3)c(OC)c2)SC1=S. The average molecular weight is 520 g/mol. The highest BCUT2D eigenvalue weighted by Crippen LogP contribution is 2.35. The molecule has 1 heterocycles. The number of esters is 1. The number of hydrogen-bond acceptors (Lipinski definition) is 7. The second kappa shape index (κ2) is 12.8. The Kier molecular flexibility index (Phi) is 9.80. The number of hydrogen-bond donors (Lipinski definition) is 0. The fourth-order valence-electron chi connectivity index (χ4n) is 3.30. The number of amides is 1. The Labute approximate surface area is 214 Å². The Morgan fingerprint density at radius 3 is 2.56 bits per heavy atom. The van der Waals surface area contributed by atoms with E-state index in [-0.39, 0.29) is 11.9 Å². The van der Waals surface area contributed by atoms with E-state index in [1.165, 1.54) is 18.9 Å². The molecule has 1 fully saturated rings. The summed E-state index contributed by atoms with van der Waals surface area (Å²) in [5, 5.41) is 0.676. The van der Waals surface area contributed by atoms with Crippen molar-refractivity contribution in [1.82, 2.24) is 4.90 Å². The summed E-state index contributed by atoms with van der Waals surface area (Å²) in [6.07, 6.45) is 4.51. The summed E-state index contributed by atoms with van der Waals surface area (Å²) in [7, 11) is 2.96. The van der Waals surface area contributed by atoms with Crippen molar-refractivity contribution in [2.75, 3.05) is 20.8 Å². The number of carbonyl (C=O) groups is 2. The third-order valence-corrected chi connectivity index (χ3v) is 6.79. The minimum Gasteiger partial charge on any atom is -0.493 e. The number of unbranched alkanes of at least 4 members (excludes halogenated alkanes) is 2. The topological polar surface area (TPSA) is 65.1 Å². The summed E-state index contributed by atoms with van der Waals surface area (Å²) in [5.41, 5.74) is 1.80. The molecule has 2 aromatic rings. The van der Waals surface area contributed by atoms with Crippen LogP contribution in [0, 0.1) is 0 Å². The van der Waals surface area contributed by atoms with E-state index in [0.29, 0.717) is 45.3 Å². The van der Waals surface area contributed by atoms with Crippen molar-refractivity contribution in [3.63, 3.8) is 0 Å². The number of methoxy groups -OCH3 is 2. The second-order valence-electron chi connectivity index (χ2n) is 7.55. The van der Waals surface area contributed by atoms with E-state index in [9.17, 15) is 9.59 Å². The van der Waals surface area contributed by atoms with Crippen LogP contribution in [0.15, 0.2) is 47.4 Å². The van der Waals surface area contributed by atoms with E-state index in [2.05, 4.69) is 4.74 Å². The molecule has 1 amide bonds. The smallest absolute Gasteiger partial charge is 0.305 e. The highest BCUT2D eigenvalue weighted by Gasteiger charge is 2.31. The molecule has 0 aliphatic carbocycles. The van der Waals surface area contributed by atoms with Crippen molar-refractivity contribution in [3.8, 4) is 11.5 Å². The Balaban J connectivity index is 1.59. The van der Waals surface area contributed by atoms with E-state index in [0.717, 1.165) is 30.4 Å². The van der Waals surface area contributed by atoms with Gasteiger partial charge in [0.05, 0.1) is 19.1 Å². The van der Waals surface area contributed by atoms with Crippen molar-refractivity contribution in [3.05, 3.63) is 63.5 Å². The fraction of sp³-hybridized carbons (Fsp3) is 0.320. The molecule has 1 aliphatic rings. The van der Waals surface area contributed by atoms with E-state index in [1.807, 2.05) is 48.5 Å². The molecule has 9 heteroatoms. The van der Waals surface area contributed by atoms with Gasteiger partial charge in [0.1, 0.15) is 10.9 Å². The Morgan fingerprint density at radius 1 is 1.09 bits per heavy atom. The summed E-state index contributed by atoms with van der Waals surface area (Å²) in [6.45, 7) is 0.912. The van der Waals surface area contributed by atoms with Gasteiger partial charge >= 0.3 is 5.97 Å². The van der Waals surface area contributed by atoms with Crippen LogP contribution >= 0.6 is 35.6 Å². The van der Waals surface area contributed by atoms with Gasteiger partial charge in [-0.1, -0.05) is 60.2 Å². The standard InChI is InChI=1S/C25H26ClNO5S2/c1-30-21-14-18(9-12-20(21)32-16-17-7-10-19(26)11-8-17)15-22-24(29)27(25(33)34-22)13-5-3-4-6-23(28)31-2/h7-12,14-15H,3-6,13,16H2,1-2H3/b22-15-. The van der Waals surface area contributed by atoms with Crippen LogP contribution in [0.1, 0.15) is 36.8 Å². The lowest BCUT2D eigenvalue weighted by Crippen LogP contribution is -2.29. The lowest BCUT2D eigenvalue weighted by molar-refractivity contribution is -0.140. The van der Waals surface area contributed by atoms with Crippen molar-refractivity contribution in [2.45, 2.75) is 32.3 Å². The molecule has 0 aromatic heterocycles. The van der Waals surface area contributed by atoms with Gasteiger partial charge in [0.15, 0.2) is 11.5 Å². The van der Waals surface area contributed by atoms with Crippen LogP contribution in [0.3, 0.4) is 0 Å². The molecule has 1 saturated heterocycles. The summed E-state index contributed by atoms with van der Waals surface area (Å²) < 4.78 is 16.6. The number of nitrogens with zero attached hydrogens (tertiary/aromatic N) is 1. The number of halogens is 1. The lowest BCUT2D eigenvalue weighted by Gasteiger charge is -2.14. The molecular weight excluding hydrogens is 494 g/mol. The Bertz CT molecular complexity index is 1070. The van der Waals surface area contributed by atoms with Crippen LogP contribution < -0.4 is 9.47 Å². The van der Waals surface area contributed by atoms with Gasteiger partial charge < -0.3 is 14.2 Å². The van der Waals surface area contributed by atoms with Crippen molar-refractivity contribution < 1.29 is 23.8 Å². The number of thiocarbonyl (C=S) groups is 1. The Hall–Kier alpha value is -2.55. The minimum atomic E-state index is -0.217. The maximum atomic E-state index is 12.9. The van der Waals surface area contributed by atoms with Gasteiger partial charge in [-0.05, 0) is 54.3 Å². The molecule has 0 radical (unpaired) electrons. The molecule has 0 spiro atoms. The third kappa shape index (κ3) is 7.22. The third-order valence-electron chi connectivity index (χ3n) is 5.16. The second-order valence-corrected chi connectivity index (χ2v) is 9.66. The first-order valence-electron chi connectivity index (χ1n) is 10.8. The molecular formula is C25H26ClNO5S2. The maximum Gasteiger partial charge on any atom is 0.305 e. The average Bonchev–Trinajstić information content (AvgIpc) is 3.10. The van der Waals surface area contributed by atoms with Gasteiger partial charge in [-0.25, -0.2) is 0 Å². The van der Waals surface area contributed by atoms with E-state index >= 15 is 0 Å². The zero-order valence-corrected chi connectivity index (χ0v) is 21.4. The monoisotopic (exact) mass is 519 g/mol. The first-order valence-corrected chi connectivity index (χ1v) is 12.4. The van der Waals surface area contributed by atoms with Crippen LogP contribution in [-0.4, -0.2) is 41.9 Å². The molecule has 0 unspecified atom stereocenters. The maximum absolute atomic E-state index is 12.9. The molecule has 180 valence electrons. The number of carbonyl (C=O) groups excluding carboxylic acids is 2. The number of rotatable bonds is 11. The lowest BCUT2D eigenvalue weighted by atomic mass is 10.1. The van der Waals surface area contributed by atoms with Crippen LogP contribution in [0.25, 0.3) is 6.08 Å². The van der Waals surface area contributed by atoms with E-state index in [4.69, 9.17) is 33.3 Å². The van der Waals surface area contributed by atoms with Crippen molar-refractivity contribution >= 4 is 57.9 Å². The highest BCUT2D eigenvalue weighted by molar-refractivity contribution is 8.26. The zero-order chi connectivity index (χ0) is 24.5. The molecule has 2 aromatic carbocycles. The van der Waals surface area contributed by atoms with Gasteiger partial charge in [0.25, 0.3) is 5.91 Å². The predicted octanol–water partition coefficient (Wildman–Crippen LogP) is 5.86. The largest absolute Gasteiger partial charge is 0.493 e. The molecule has 6 nitrogen and oxygen atoms in total. The summed E-state index contributed by atoms with van der Waals surface area (Å²) in [5.74, 6) is 0.855. The van der Waals surface area contributed by atoms with E-state index < -0.39 is 0 Å². The highest BCUT2D eigenvalue weighted by atomic mass is 35.5. The quantitative estimate of drug-likeness (QED) is 0.159.